The van der Waals surface area contributed by atoms with E-state index in [4.69, 9.17) is 4.74 Å². The smallest absolute Gasteiger partial charge is 0.187 e. The Hall–Kier alpha value is -1.31. The van der Waals surface area contributed by atoms with Gasteiger partial charge >= 0.3 is 0 Å². The molecule has 2 nitrogen and oxygen atoms in total. The standard InChI is InChI=1S/C14H19NO/c1-11-4-6-12(7-5-11)8-13-15-9-14(2,3)10-16-13/h4-7H,8-10H2,1-3H3. The largest absolute Gasteiger partial charge is 0.480 e. The molecule has 0 spiro atoms. The number of hydrogen-bond acceptors (Lipinski definition) is 2. The second kappa shape index (κ2) is 4.28. The summed E-state index contributed by atoms with van der Waals surface area (Å²) in [6.07, 6.45) is 0.816. The summed E-state index contributed by atoms with van der Waals surface area (Å²) >= 11 is 0. The Morgan fingerprint density at radius 1 is 1.25 bits per heavy atom. The maximum absolute atomic E-state index is 5.68. The molecule has 0 bridgehead atoms. The van der Waals surface area contributed by atoms with Crippen LogP contribution in [0.1, 0.15) is 25.0 Å². The Bertz CT molecular complexity index is 390. The van der Waals surface area contributed by atoms with Crippen molar-refractivity contribution < 1.29 is 4.74 Å². The molecule has 0 saturated heterocycles. The van der Waals surface area contributed by atoms with Crippen molar-refractivity contribution in [2.24, 2.45) is 10.4 Å². The lowest BCUT2D eigenvalue weighted by molar-refractivity contribution is 0.153. The van der Waals surface area contributed by atoms with Crippen molar-refractivity contribution in [2.45, 2.75) is 27.2 Å². The third kappa shape index (κ3) is 2.84. The highest BCUT2D eigenvalue weighted by Crippen LogP contribution is 2.20. The van der Waals surface area contributed by atoms with Gasteiger partial charge in [0.15, 0.2) is 5.90 Å². The van der Waals surface area contributed by atoms with Crippen LogP contribution in [-0.2, 0) is 11.2 Å². The second-order valence-electron chi connectivity index (χ2n) is 5.33. The van der Waals surface area contributed by atoms with Crippen LogP contribution in [0, 0.1) is 12.3 Å². The number of aryl methyl sites for hydroxylation is 1. The molecule has 0 atom stereocenters. The van der Waals surface area contributed by atoms with E-state index in [1.54, 1.807) is 0 Å². The van der Waals surface area contributed by atoms with E-state index in [9.17, 15) is 0 Å². The van der Waals surface area contributed by atoms with Gasteiger partial charge in [0.1, 0.15) is 0 Å². The number of nitrogens with zero attached hydrogens (tertiary/aromatic N) is 1. The van der Waals surface area contributed by atoms with E-state index in [1.165, 1.54) is 11.1 Å². The van der Waals surface area contributed by atoms with Crippen LogP contribution < -0.4 is 0 Å². The zero-order valence-corrected chi connectivity index (χ0v) is 10.3. The first-order valence-electron chi connectivity index (χ1n) is 5.77. The molecule has 0 aromatic heterocycles. The molecule has 16 heavy (non-hydrogen) atoms. The number of aliphatic imine (C=N–C) groups is 1. The van der Waals surface area contributed by atoms with Crippen LogP contribution in [0.3, 0.4) is 0 Å². The molecule has 1 heterocycles. The van der Waals surface area contributed by atoms with E-state index in [-0.39, 0.29) is 5.41 Å². The summed E-state index contributed by atoms with van der Waals surface area (Å²) in [5.74, 6) is 0.878. The molecule has 1 aromatic rings. The summed E-state index contributed by atoms with van der Waals surface area (Å²) in [5, 5.41) is 0. The Morgan fingerprint density at radius 2 is 1.94 bits per heavy atom. The van der Waals surface area contributed by atoms with E-state index in [0.717, 1.165) is 25.5 Å². The second-order valence-corrected chi connectivity index (χ2v) is 5.33. The maximum Gasteiger partial charge on any atom is 0.187 e. The van der Waals surface area contributed by atoms with Crippen LogP contribution >= 0.6 is 0 Å². The molecule has 0 N–H and O–H groups in total. The van der Waals surface area contributed by atoms with Crippen molar-refractivity contribution in [1.29, 1.82) is 0 Å². The zero-order chi connectivity index (χ0) is 11.6. The number of rotatable bonds is 2. The van der Waals surface area contributed by atoms with Gasteiger partial charge in [0, 0.05) is 11.8 Å². The molecule has 0 fully saturated rings. The molecule has 1 aliphatic heterocycles. The van der Waals surface area contributed by atoms with Gasteiger partial charge in [-0.1, -0.05) is 43.7 Å². The first kappa shape index (κ1) is 11.2. The van der Waals surface area contributed by atoms with Gasteiger partial charge in [0.2, 0.25) is 0 Å². The maximum atomic E-state index is 5.68. The highest BCUT2D eigenvalue weighted by atomic mass is 16.5. The predicted octanol–water partition coefficient (Wildman–Crippen LogP) is 2.99. The Morgan fingerprint density at radius 3 is 2.50 bits per heavy atom. The predicted molar refractivity (Wildman–Crippen MR) is 66.9 cm³/mol. The van der Waals surface area contributed by atoms with Crippen LogP contribution in [0.4, 0.5) is 0 Å². The van der Waals surface area contributed by atoms with Crippen molar-refractivity contribution in [3.63, 3.8) is 0 Å². The van der Waals surface area contributed by atoms with Gasteiger partial charge in [-0.15, -0.1) is 0 Å². The summed E-state index contributed by atoms with van der Waals surface area (Å²) in [6.45, 7) is 8.10. The third-order valence-electron chi connectivity index (χ3n) is 2.79. The molecule has 0 amide bonds. The quantitative estimate of drug-likeness (QED) is 0.746. The van der Waals surface area contributed by atoms with Crippen LogP contribution in [0.15, 0.2) is 29.3 Å². The molecule has 0 aliphatic carbocycles. The number of benzene rings is 1. The molecular formula is C14H19NO. The minimum Gasteiger partial charge on any atom is -0.480 e. The number of hydrogen-bond donors (Lipinski definition) is 0. The van der Waals surface area contributed by atoms with Crippen molar-refractivity contribution in [3.8, 4) is 0 Å². The van der Waals surface area contributed by atoms with Gasteiger partial charge in [-0.05, 0) is 12.5 Å². The van der Waals surface area contributed by atoms with E-state index < -0.39 is 0 Å². The molecular weight excluding hydrogens is 198 g/mol. The summed E-state index contributed by atoms with van der Waals surface area (Å²) in [5.41, 5.74) is 2.75. The molecule has 2 rings (SSSR count). The van der Waals surface area contributed by atoms with Crippen LogP contribution in [0.5, 0.6) is 0 Å². The van der Waals surface area contributed by atoms with Gasteiger partial charge in [-0.3, -0.25) is 4.99 Å². The molecule has 0 saturated carbocycles. The molecule has 1 aliphatic rings. The van der Waals surface area contributed by atoms with Gasteiger partial charge in [0.05, 0.1) is 13.2 Å². The third-order valence-corrected chi connectivity index (χ3v) is 2.79. The van der Waals surface area contributed by atoms with E-state index >= 15 is 0 Å². The molecule has 0 radical (unpaired) electrons. The van der Waals surface area contributed by atoms with Crippen molar-refractivity contribution in [2.75, 3.05) is 13.2 Å². The fourth-order valence-electron chi connectivity index (χ4n) is 1.66. The van der Waals surface area contributed by atoms with Crippen molar-refractivity contribution >= 4 is 5.90 Å². The van der Waals surface area contributed by atoms with Crippen molar-refractivity contribution in [3.05, 3.63) is 35.4 Å². The molecule has 0 unspecified atom stereocenters. The molecule has 86 valence electrons. The average Bonchev–Trinajstić information content (AvgIpc) is 2.24. The highest BCUT2D eigenvalue weighted by Gasteiger charge is 2.23. The lowest BCUT2D eigenvalue weighted by Crippen LogP contribution is -2.31. The summed E-state index contributed by atoms with van der Waals surface area (Å²) < 4.78 is 5.68. The Kier molecular flexibility index (Phi) is 2.99. The van der Waals surface area contributed by atoms with Crippen LogP contribution in [0.25, 0.3) is 0 Å². The topological polar surface area (TPSA) is 21.6 Å². The van der Waals surface area contributed by atoms with Gasteiger partial charge in [-0.2, -0.15) is 0 Å². The molecule has 1 aromatic carbocycles. The minimum absolute atomic E-state index is 0.191. The van der Waals surface area contributed by atoms with Crippen LogP contribution in [-0.4, -0.2) is 19.0 Å². The SMILES string of the molecule is Cc1ccc(CC2=NCC(C)(C)CO2)cc1. The van der Waals surface area contributed by atoms with Gasteiger partial charge < -0.3 is 4.74 Å². The summed E-state index contributed by atoms with van der Waals surface area (Å²) in [6, 6.07) is 8.53. The fraction of sp³-hybridized carbons (Fsp3) is 0.500. The molecule has 2 heteroatoms. The average molecular weight is 217 g/mol. The van der Waals surface area contributed by atoms with Gasteiger partial charge in [-0.25, -0.2) is 0 Å². The van der Waals surface area contributed by atoms with Gasteiger partial charge in [0.25, 0.3) is 0 Å². The Balaban J connectivity index is 2.01. The van der Waals surface area contributed by atoms with E-state index in [2.05, 4.69) is 50.0 Å². The van der Waals surface area contributed by atoms with Crippen LogP contribution in [0.2, 0.25) is 0 Å². The first-order chi connectivity index (χ1) is 7.55. The van der Waals surface area contributed by atoms with Crippen molar-refractivity contribution in [1.82, 2.24) is 0 Å². The monoisotopic (exact) mass is 217 g/mol. The highest BCUT2D eigenvalue weighted by molar-refractivity contribution is 5.79. The number of ether oxygens (including phenoxy) is 1. The lowest BCUT2D eigenvalue weighted by Gasteiger charge is -2.28. The summed E-state index contributed by atoms with van der Waals surface area (Å²) in [7, 11) is 0. The normalized spacial score (nSPS) is 18.8. The first-order valence-corrected chi connectivity index (χ1v) is 5.77. The summed E-state index contributed by atoms with van der Waals surface area (Å²) in [4.78, 5) is 4.49. The Labute approximate surface area is 97.4 Å². The van der Waals surface area contributed by atoms with E-state index in [1.807, 2.05) is 0 Å². The fourth-order valence-corrected chi connectivity index (χ4v) is 1.66. The lowest BCUT2D eigenvalue weighted by atomic mass is 9.94. The van der Waals surface area contributed by atoms with E-state index in [0.29, 0.717) is 0 Å². The minimum atomic E-state index is 0.191. The zero-order valence-electron chi connectivity index (χ0n) is 10.3.